The van der Waals surface area contributed by atoms with Crippen molar-refractivity contribution in [2.24, 2.45) is 16.7 Å². The van der Waals surface area contributed by atoms with E-state index in [2.05, 4.69) is 51.1 Å². The zero-order chi connectivity index (χ0) is 13.5. The lowest BCUT2D eigenvalue weighted by Gasteiger charge is -2.55. The van der Waals surface area contributed by atoms with Crippen LogP contribution in [0.25, 0.3) is 0 Å². The van der Waals surface area contributed by atoms with Crippen molar-refractivity contribution in [3.8, 4) is 0 Å². The molecule has 2 unspecified atom stereocenters. The number of hydrogen-bond acceptors (Lipinski definition) is 0. The highest BCUT2D eigenvalue weighted by Gasteiger charge is 2.48. The summed E-state index contributed by atoms with van der Waals surface area (Å²) in [5.74, 6) is 1.77. The number of fused-ring (bicyclic) bond motifs is 2. The number of rotatable bonds is 2. The van der Waals surface area contributed by atoms with E-state index in [1.807, 2.05) is 0 Å². The van der Waals surface area contributed by atoms with E-state index in [-0.39, 0.29) is 0 Å². The van der Waals surface area contributed by atoms with E-state index in [9.17, 15) is 0 Å². The molecule has 2 bridgehead atoms. The fourth-order valence-electron chi connectivity index (χ4n) is 5.46. The lowest BCUT2D eigenvalue weighted by atomic mass is 9.50. The first-order chi connectivity index (χ1) is 9.02. The minimum atomic E-state index is 0.590. The Morgan fingerprint density at radius 1 is 0.947 bits per heavy atom. The fraction of sp³-hybridized carbons (Fsp3) is 0.684. The topological polar surface area (TPSA) is 0 Å². The molecular formula is C19H28. The van der Waals surface area contributed by atoms with Crippen LogP contribution >= 0.6 is 0 Å². The summed E-state index contributed by atoms with van der Waals surface area (Å²) >= 11 is 0. The predicted molar refractivity (Wildman–Crippen MR) is 82.3 cm³/mol. The number of hydrogen-bond donors (Lipinski definition) is 0. The van der Waals surface area contributed by atoms with Crippen LogP contribution < -0.4 is 0 Å². The van der Waals surface area contributed by atoms with E-state index in [1.165, 1.54) is 38.5 Å². The lowest BCUT2D eigenvalue weighted by Crippen LogP contribution is -2.43. The van der Waals surface area contributed by atoms with E-state index >= 15 is 0 Å². The van der Waals surface area contributed by atoms with Gasteiger partial charge in [-0.2, -0.15) is 0 Å². The monoisotopic (exact) mass is 256 g/mol. The van der Waals surface area contributed by atoms with E-state index in [1.54, 1.807) is 5.56 Å². The molecule has 0 heterocycles. The van der Waals surface area contributed by atoms with Gasteiger partial charge in [0.15, 0.2) is 0 Å². The first-order valence-electron chi connectivity index (χ1n) is 8.07. The summed E-state index contributed by atoms with van der Waals surface area (Å²) in [6, 6.07) is 11.2. The first kappa shape index (κ1) is 13.2. The van der Waals surface area contributed by atoms with Gasteiger partial charge in [0.1, 0.15) is 0 Å². The van der Waals surface area contributed by atoms with Gasteiger partial charge in [-0.1, -0.05) is 57.5 Å². The standard InChI is InChI=1S/C19H28/c1-4-15-10-18(2)12-17(13-19(3,11-15)14-18)16-8-6-5-7-9-16/h5-9,15,17H,4,10-14H2,1-3H3. The highest BCUT2D eigenvalue weighted by molar-refractivity contribution is 5.22. The zero-order valence-corrected chi connectivity index (χ0v) is 12.8. The maximum absolute atomic E-state index is 2.56. The minimum absolute atomic E-state index is 0.590. The summed E-state index contributed by atoms with van der Waals surface area (Å²) in [5.41, 5.74) is 2.76. The van der Waals surface area contributed by atoms with Crippen LogP contribution in [-0.2, 0) is 0 Å². The van der Waals surface area contributed by atoms with Gasteiger partial charge in [0.25, 0.3) is 0 Å². The quantitative estimate of drug-likeness (QED) is 0.628. The van der Waals surface area contributed by atoms with Gasteiger partial charge in [-0.3, -0.25) is 0 Å². The third-order valence-corrected chi connectivity index (χ3v) is 5.74. The van der Waals surface area contributed by atoms with E-state index < -0.39 is 0 Å². The highest BCUT2D eigenvalue weighted by atomic mass is 14.5. The third-order valence-electron chi connectivity index (χ3n) is 5.74. The Morgan fingerprint density at radius 3 is 2.05 bits per heavy atom. The van der Waals surface area contributed by atoms with Crippen LogP contribution in [0, 0.1) is 16.7 Å². The summed E-state index contributed by atoms with van der Waals surface area (Å²) in [5, 5.41) is 0. The molecule has 2 aliphatic carbocycles. The van der Waals surface area contributed by atoms with Crippen molar-refractivity contribution in [1.82, 2.24) is 0 Å². The van der Waals surface area contributed by atoms with Crippen molar-refractivity contribution >= 4 is 0 Å². The van der Waals surface area contributed by atoms with Gasteiger partial charge in [-0.25, -0.2) is 0 Å². The third kappa shape index (κ3) is 2.59. The molecule has 1 aromatic carbocycles. The van der Waals surface area contributed by atoms with Gasteiger partial charge >= 0.3 is 0 Å². The molecular weight excluding hydrogens is 228 g/mol. The van der Waals surface area contributed by atoms with Gasteiger partial charge in [-0.15, -0.1) is 0 Å². The Morgan fingerprint density at radius 2 is 1.53 bits per heavy atom. The molecule has 0 N–H and O–H groups in total. The van der Waals surface area contributed by atoms with Crippen LogP contribution in [0.5, 0.6) is 0 Å². The molecule has 2 atom stereocenters. The average Bonchev–Trinajstić information content (AvgIpc) is 2.36. The molecule has 2 aliphatic rings. The van der Waals surface area contributed by atoms with Gasteiger partial charge < -0.3 is 0 Å². The van der Waals surface area contributed by atoms with Gasteiger partial charge in [0.05, 0.1) is 0 Å². The van der Waals surface area contributed by atoms with E-state index in [0.717, 1.165) is 11.8 Å². The average molecular weight is 256 g/mol. The molecule has 19 heavy (non-hydrogen) atoms. The van der Waals surface area contributed by atoms with Crippen LogP contribution in [0.2, 0.25) is 0 Å². The van der Waals surface area contributed by atoms with Crippen molar-refractivity contribution in [3.05, 3.63) is 35.9 Å². The summed E-state index contributed by atoms with van der Waals surface area (Å²) in [6.45, 7) is 7.50. The van der Waals surface area contributed by atoms with Crippen LogP contribution in [0.15, 0.2) is 30.3 Å². The van der Waals surface area contributed by atoms with Gasteiger partial charge in [0, 0.05) is 0 Å². The van der Waals surface area contributed by atoms with Crippen LogP contribution in [0.1, 0.15) is 70.8 Å². The smallest absolute Gasteiger partial charge is 0.0152 e. The normalized spacial score (nSPS) is 42.1. The minimum Gasteiger partial charge on any atom is -0.0651 e. The maximum atomic E-state index is 2.56. The van der Waals surface area contributed by atoms with Gasteiger partial charge in [-0.05, 0) is 60.3 Å². The second-order valence-electron chi connectivity index (χ2n) is 8.00. The maximum Gasteiger partial charge on any atom is -0.0152 e. The molecule has 104 valence electrons. The highest BCUT2D eigenvalue weighted by Crippen LogP contribution is 2.61. The Hall–Kier alpha value is -0.780. The first-order valence-corrected chi connectivity index (χ1v) is 8.07. The summed E-state index contributed by atoms with van der Waals surface area (Å²) < 4.78 is 0. The Bertz CT molecular complexity index is 415. The molecule has 2 fully saturated rings. The lowest BCUT2D eigenvalue weighted by molar-refractivity contribution is -0.0197. The number of benzene rings is 1. The summed E-state index contributed by atoms with van der Waals surface area (Å²) in [6.07, 6.45) is 8.57. The van der Waals surface area contributed by atoms with Crippen LogP contribution in [0.4, 0.5) is 0 Å². The molecule has 0 spiro atoms. The van der Waals surface area contributed by atoms with Crippen molar-refractivity contribution in [2.75, 3.05) is 0 Å². The molecule has 0 radical (unpaired) electrons. The largest absolute Gasteiger partial charge is 0.0651 e. The molecule has 1 aromatic rings. The van der Waals surface area contributed by atoms with Crippen LogP contribution in [0.3, 0.4) is 0 Å². The molecule has 0 heteroatoms. The van der Waals surface area contributed by atoms with E-state index in [4.69, 9.17) is 0 Å². The van der Waals surface area contributed by atoms with Crippen molar-refractivity contribution < 1.29 is 0 Å². The van der Waals surface area contributed by atoms with Crippen molar-refractivity contribution in [1.29, 1.82) is 0 Å². The van der Waals surface area contributed by atoms with Crippen molar-refractivity contribution in [3.63, 3.8) is 0 Å². The van der Waals surface area contributed by atoms with Crippen LogP contribution in [-0.4, -0.2) is 0 Å². The summed E-state index contributed by atoms with van der Waals surface area (Å²) in [4.78, 5) is 0. The SMILES string of the molecule is CCC1CC2(C)CC(c3ccccc3)CC(C)(C1)C2. The zero-order valence-electron chi connectivity index (χ0n) is 12.8. The second kappa shape index (κ2) is 4.65. The fourth-order valence-corrected chi connectivity index (χ4v) is 5.46. The Balaban J connectivity index is 1.86. The molecule has 0 nitrogen and oxygen atoms in total. The predicted octanol–water partition coefficient (Wildman–Crippen LogP) is 5.79. The second-order valence-corrected chi connectivity index (χ2v) is 8.00. The van der Waals surface area contributed by atoms with Gasteiger partial charge in [0.2, 0.25) is 0 Å². The van der Waals surface area contributed by atoms with Crippen molar-refractivity contribution in [2.45, 2.75) is 65.2 Å². The molecule has 0 aromatic heterocycles. The molecule has 3 rings (SSSR count). The Kier molecular flexibility index (Phi) is 3.23. The summed E-state index contributed by atoms with van der Waals surface area (Å²) in [7, 11) is 0. The molecule has 0 saturated heterocycles. The van der Waals surface area contributed by atoms with E-state index in [0.29, 0.717) is 10.8 Å². The molecule has 2 saturated carbocycles. The molecule has 0 aliphatic heterocycles. The Labute approximate surface area is 118 Å². The molecule has 0 amide bonds.